The van der Waals surface area contributed by atoms with E-state index >= 15 is 0 Å². The molecule has 2 atom stereocenters. The van der Waals surface area contributed by atoms with E-state index in [1.165, 1.54) is 0 Å². The normalized spacial score (nSPS) is 21.8. The van der Waals surface area contributed by atoms with E-state index in [1.807, 2.05) is 23.1 Å². The molecule has 1 aromatic rings. The Balaban J connectivity index is 0.000000878. The Kier molecular flexibility index (Phi) is 8.53. The highest BCUT2D eigenvalue weighted by atomic mass is 16.5. The topological polar surface area (TPSA) is 88.5 Å². The quantitative estimate of drug-likeness (QED) is 0.749. The first-order chi connectivity index (χ1) is 13.5. The van der Waals surface area contributed by atoms with Gasteiger partial charge in [-0.2, -0.15) is 0 Å². The maximum atomic E-state index is 12.8. The molecule has 2 aliphatic rings. The van der Waals surface area contributed by atoms with E-state index in [0.717, 1.165) is 31.8 Å². The number of carboxylic acid groups (broad SMARTS) is 1. The molecule has 1 aromatic carbocycles. The monoisotopic (exact) mass is 394 g/mol. The van der Waals surface area contributed by atoms with Crippen molar-refractivity contribution in [2.45, 2.75) is 18.9 Å². The van der Waals surface area contributed by atoms with E-state index in [4.69, 9.17) is 24.1 Å². The maximum Gasteiger partial charge on any atom is 0.290 e. The van der Waals surface area contributed by atoms with Crippen molar-refractivity contribution >= 4 is 12.4 Å². The summed E-state index contributed by atoms with van der Waals surface area (Å²) in [7, 11) is 5.38. The van der Waals surface area contributed by atoms with Gasteiger partial charge in [-0.15, -0.1) is 0 Å². The number of likely N-dealkylation sites (N-methyl/N-ethyl adjacent to an activating group) is 1. The molecule has 28 heavy (non-hydrogen) atoms. The minimum absolute atomic E-state index is 0.224. The molecule has 0 aliphatic carbocycles. The van der Waals surface area contributed by atoms with Gasteiger partial charge < -0.3 is 24.2 Å². The summed E-state index contributed by atoms with van der Waals surface area (Å²) in [5.41, 5.74) is 1.08. The molecule has 0 radical (unpaired) electrons. The minimum atomic E-state index is -0.250. The zero-order chi connectivity index (χ0) is 20.5. The summed E-state index contributed by atoms with van der Waals surface area (Å²) in [5, 5.41) is 6.89. The molecule has 8 nitrogen and oxygen atoms in total. The van der Waals surface area contributed by atoms with Crippen molar-refractivity contribution < 1.29 is 28.9 Å². The van der Waals surface area contributed by atoms with E-state index in [0.29, 0.717) is 42.9 Å². The number of hydrogen-bond acceptors (Lipinski definition) is 6. The molecule has 2 bridgehead atoms. The van der Waals surface area contributed by atoms with Crippen molar-refractivity contribution in [3.05, 3.63) is 23.8 Å². The van der Waals surface area contributed by atoms with Crippen LogP contribution in [0.4, 0.5) is 0 Å². The molecule has 3 rings (SSSR count). The number of rotatable bonds is 5. The second kappa shape index (κ2) is 10.9. The van der Waals surface area contributed by atoms with Gasteiger partial charge in [0.15, 0.2) is 11.5 Å². The number of methoxy groups -OCH3 is 2. The number of ether oxygens (including phenoxy) is 3. The maximum absolute atomic E-state index is 12.8. The molecule has 0 aromatic heterocycles. The standard InChI is InChI=1S/C19H28N2O4.CH2O2/c1-20-9-15-10-21(11-16(20)13-25-12-15)19(22)7-5-14-4-6-17(23-2)18(8-14)24-3;2-1-3/h4,6,8,15-16H,5,7,9-13H2,1-3H3;1H,(H,2,3)/t15-,16+;/m1./s1. The van der Waals surface area contributed by atoms with Crippen molar-refractivity contribution in [1.29, 1.82) is 0 Å². The molecule has 156 valence electrons. The summed E-state index contributed by atoms with van der Waals surface area (Å²) in [5.74, 6) is 2.04. The van der Waals surface area contributed by atoms with Crippen LogP contribution in [0, 0.1) is 5.92 Å². The molecule has 8 heteroatoms. The van der Waals surface area contributed by atoms with Crippen LogP contribution < -0.4 is 9.47 Å². The Labute approximate surface area is 166 Å². The van der Waals surface area contributed by atoms with Crippen molar-refractivity contribution in [3.8, 4) is 11.5 Å². The Morgan fingerprint density at radius 1 is 1.21 bits per heavy atom. The lowest BCUT2D eigenvalue weighted by Crippen LogP contribution is -2.44. The predicted octanol–water partition coefficient (Wildman–Crippen LogP) is 1.13. The molecule has 2 fully saturated rings. The lowest BCUT2D eigenvalue weighted by atomic mass is 10.1. The summed E-state index contributed by atoms with van der Waals surface area (Å²) in [6, 6.07) is 6.14. The lowest BCUT2D eigenvalue weighted by molar-refractivity contribution is -0.133. The van der Waals surface area contributed by atoms with Crippen LogP contribution in [-0.2, 0) is 20.7 Å². The van der Waals surface area contributed by atoms with Crippen LogP contribution in [0.2, 0.25) is 0 Å². The number of fused-ring (bicyclic) bond motifs is 3. The first-order valence-electron chi connectivity index (χ1n) is 9.36. The van der Waals surface area contributed by atoms with E-state index in [-0.39, 0.29) is 12.4 Å². The molecule has 1 amide bonds. The van der Waals surface area contributed by atoms with Gasteiger partial charge >= 0.3 is 0 Å². The minimum Gasteiger partial charge on any atom is -0.493 e. The number of benzene rings is 1. The SMILES string of the molecule is COc1ccc(CCC(=O)N2C[C@@H]3COC[C@H](C2)N(C)C3)cc1OC.O=CO. The fourth-order valence-electron chi connectivity index (χ4n) is 3.70. The second-order valence-electron chi connectivity index (χ2n) is 7.09. The van der Waals surface area contributed by atoms with Gasteiger partial charge in [-0.25, -0.2) is 0 Å². The Hall–Kier alpha value is -2.32. The molecule has 0 saturated carbocycles. The second-order valence-corrected chi connectivity index (χ2v) is 7.09. The number of aryl methyl sites for hydroxylation is 1. The van der Waals surface area contributed by atoms with Gasteiger partial charge in [-0.1, -0.05) is 6.07 Å². The van der Waals surface area contributed by atoms with Crippen molar-refractivity contribution in [3.63, 3.8) is 0 Å². The van der Waals surface area contributed by atoms with Gasteiger partial charge in [0.25, 0.3) is 6.47 Å². The van der Waals surface area contributed by atoms with Gasteiger partial charge in [0, 0.05) is 32.0 Å². The van der Waals surface area contributed by atoms with Gasteiger partial charge in [0.1, 0.15) is 0 Å². The average molecular weight is 394 g/mol. The van der Waals surface area contributed by atoms with Crippen molar-refractivity contribution in [2.24, 2.45) is 5.92 Å². The van der Waals surface area contributed by atoms with Crippen molar-refractivity contribution in [2.75, 3.05) is 54.1 Å². The molecule has 0 unspecified atom stereocenters. The van der Waals surface area contributed by atoms with Crippen LogP contribution in [0.3, 0.4) is 0 Å². The Morgan fingerprint density at radius 2 is 1.93 bits per heavy atom. The van der Waals surface area contributed by atoms with Crippen LogP contribution in [0.1, 0.15) is 12.0 Å². The summed E-state index contributed by atoms with van der Waals surface area (Å²) < 4.78 is 16.3. The number of hydrogen-bond donors (Lipinski definition) is 1. The van der Waals surface area contributed by atoms with E-state index in [2.05, 4.69) is 11.9 Å². The lowest BCUT2D eigenvalue weighted by Gasteiger charge is -2.29. The highest BCUT2D eigenvalue weighted by molar-refractivity contribution is 5.76. The van der Waals surface area contributed by atoms with Crippen LogP contribution in [0.5, 0.6) is 11.5 Å². The summed E-state index contributed by atoms with van der Waals surface area (Å²) >= 11 is 0. The Bertz CT molecular complexity index is 654. The molecule has 1 N–H and O–H groups in total. The average Bonchev–Trinajstić information content (AvgIpc) is 2.95. The highest BCUT2D eigenvalue weighted by Crippen LogP contribution is 2.28. The number of carbonyl (C=O) groups excluding carboxylic acids is 1. The molecule has 2 saturated heterocycles. The van der Waals surface area contributed by atoms with Crippen LogP contribution in [0.15, 0.2) is 18.2 Å². The molecule has 0 spiro atoms. The highest BCUT2D eigenvalue weighted by Gasteiger charge is 2.33. The van der Waals surface area contributed by atoms with E-state index in [1.54, 1.807) is 14.2 Å². The van der Waals surface area contributed by atoms with Crippen molar-refractivity contribution in [1.82, 2.24) is 9.80 Å². The predicted molar refractivity (Wildman–Crippen MR) is 104 cm³/mol. The van der Waals surface area contributed by atoms with Crippen LogP contribution in [-0.4, -0.2) is 87.4 Å². The number of amides is 1. The van der Waals surface area contributed by atoms with Gasteiger partial charge in [-0.3, -0.25) is 14.5 Å². The first kappa shape index (κ1) is 22.0. The summed E-state index contributed by atoms with van der Waals surface area (Å²) in [4.78, 5) is 25.5. The van der Waals surface area contributed by atoms with Crippen LogP contribution >= 0.6 is 0 Å². The largest absolute Gasteiger partial charge is 0.493 e. The van der Waals surface area contributed by atoms with E-state index < -0.39 is 0 Å². The summed E-state index contributed by atoms with van der Waals surface area (Å²) in [6.07, 6.45) is 1.22. The van der Waals surface area contributed by atoms with Gasteiger partial charge in [0.2, 0.25) is 5.91 Å². The Morgan fingerprint density at radius 3 is 2.61 bits per heavy atom. The number of carbonyl (C=O) groups is 2. The number of nitrogens with zero attached hydrogens (tertiary/aromatic N) is 2. The summed E-state index contributed by atoms with van der Waals surface area (Å²) in [6.45, 7) is 3.78. The third-order valence-electron chi connectivity index (χ3n) is 5.17. The first-order valence-corrected chi connectivity index (χ1v) is 9.36. The van der Waals surface area contributed by atoms with Gasteiger partial charge in [0.05, 0.1) is 33.5 Å². The smallest absolute Gasteiger partial charge is 0.290 e. The zero-order valence-electron chi connectivity index (χ0n) is 16.8. The third kappa shape index (κ3) is 5.84. The zero-order valence-corrected chi connectivity index (χ0v) is 16.8. The molecular formula is C20H30N2O6. The molecule has 2 aliphatic heterocycles. The molecular weight excluding hydrogens is 364 g/mol. The van der Waals surface area contributed by atoms with E-state index in [9.17, 15) is 4.79 Å². The van der Waals surface area contributed by atoms with Gasteiger partial charge in [-0.05, 0) is 31.2 Å². The van der Waals surface area contributed by atoms with Crippen LogP contribution in [0.25, 0.3) is 0 Å². The fourth-order valence-corrected chi connectivity index (χ4v) is 3.70. The fraction of sp³-hybridized carbons (Fsp3) is 0.600. The molecule has 2 heterocycles. The third-order valence-corrected chi connectivity index (χ3v) is 5.17.